The van der Waals surface area contributed by atoms with Crippen LogP contribution >= 0.6 is 11.6 Å². The lowest BCUT2D eigenvalue weighted by molar-refractivity contribution is 0.0983. The quantitative estimate of drug-likeness (QED) is 0.749. The van der Waals surface area contributed by atoms with Crippen LogP contribution in [0, 0.1) is 0 Å². The molecule has 2 aromatic carbocycles. The van der Waals surface area contributed by atoms with Crippen molar-refractivity contribution < 1.29 is 19.1 Å². The molecule has 0 N–H and O–H groups in total. The van der Waals surface area contributed by atoms with Gasteiger partial charge in [0.25, 0.3) is 5.91 Å². The Morgan fingerprint density at radius 1 is 0.964 bits per heavy atom. The SMILES string of the molecule is COc1ccc(C(=O)N(C(=O)N2CCCCC2)c2cccc(Cl)c2)cc1OC. The first-order valence-electron chi connectivity index (χ1n) is 9.16. The van der Waals surface area contributed by atoms with Gasteiger partial charge in [0.15, 0.2) is 11.5 Å². The van der Waals surface area contributed by atoms with E-state index in [-0.39, 0.29) is 6.03 Å². The summed E-state index contributed by atoms with van der Waals surface area (Å²) in [5.74, 6) is 0.485. The fraction of sp³-hybridized carbons (Fsp3) is 0.333. The number of methoxy groups -OCH3 is 2. The van der Waals surface area contributed by atoms with E-state index in [1.165, 1.54) is 19.1 Å². The minimum Gasteiger partial charge on any atom is -0.493 e. The van der Waals surface area contributed by atoms with E-state index in [4.69, 9.17) is 21.1 Å². The Hall–Kier alpha value is -2.73. The first-order chi connectivity index (χ1) is 13.5. The number of carbonyl (C=O) groups is 2. The van der Waals surface area contributed by atoms with Crippen LogP contribution in [-0.4, -0.2) is 44.1 Å². The van der Waals surface area contributed by atoms with Crippen molar-refractivity contribution in [1.82, 2.24) is 4.90 Å². The number of urea groups is 1. The second-order valence-corrected chi connectivity index (χ2v) is 6.96. The van der Waals surface area contributed by atoms with Crippen LogP contribution in [0.1, 0.15) is 29.6 Å². The molecule has 0 spiro atoms. The summed E-state index contributed by atoms with van der Waals surface area (Å²) in [4.78, 5) is 29.5. The van der Waals surface area contributed by atoms with Gasteiger partial charge in [-0.25, -0.2) is 9.69 Å². The highest BCUT2D eigenvalue weighted by Crippen LogP contribution is 2.30. The second-order valence-electron chi connectivity index (χ2n) is 6.52. The Kier molecular flexibility index (Phi) is 6.41. The molecule has 0 saturated carbocycles. The van der Waals surface area contributed by atoms with Crippen LogP contribution in [0.3, 0.4) is 0 Å². The van der Waals surface area contributed by atoms with Crippen LogP contribution in [0.25, 0.3) is 0 Å². The Labute approximate surface area is 169 Å². The van der Waals surface area contributed by atoms with Gasteiger partial charge in [-0.05, 0) is 55.7 Å². The first-order valence-corrected chi connectivity index (χ1v) is 9.54. The van der Waals surface area contributed by atoms with Crippen LogP contribution in [0.15, 0.2) is 42.5 Å². The van der Waals surface area contributed by atoms with Gasteiger partial charge in [-0.1, -0.05) is 17.7 Å². The number of hydrogen-bond donors (Lipinski definition) is 0. The van der Waals surface area contributed by atoms with Gasteiger partial charge in [-0.15, -0.1) is 0 Å². The number of likely N-dealkylation sites (tertiary alicyclic amines) is 1. The maximum Gasteiger partial charge on any atom is 0.331 e. The minimum atomic E-state index is -0.446. The van der Waals surface area contributed by atoms with E-state index in [9.17, 15) is 9.59 Å². The van der Waals surface area contributed by atoms with Gasteiger partial charge in [-0.2, -0.15) is 0 Å². The molecule has 0 bridgehead atoms. The summed E-state index contributed by atoms with van der Waals surface area (Å²) in [6.45, 7) is 1.27. The lowest BCUT2D eigenvalue weighted by atomic mass is 10.1. The molecule has 7 heteroatoms. The zero-order chi connectivity index (χ0) is 20.1. The van der Waals surface area contributed by atoms with Crippen LogP contribution in [0.4, 0.5) is 10.5 Å². The number of nitrogens with zero attached hydrogens (tertiary/aromatic N) is 2. The van der Waals surface area contributed by atoms with Crippen molar-refractivity contribution in [2.75, 3.05) is 32.2 Å². The maximum absolute atomic E-state index is 13.3. The highest BCUT2D eigenvalue weighted by atomic mass is 35.5. The third kappa shape index (κ3) is 4.22. The van der Waals surface area contributed by atoms with E-state index < -0.39 is 5.91 Å². The largest absolute Gasteiger partial charge is 0.493 e. The molecule has 0 unspecified atom stereocenters. The van der Waals surface area contributed by atoms with E-state index in [1.807, 2.05) is 0 Å². The first kappa shape index (κ1) is 20.0. The van der Waals surface area contributed by atoms with Gasteiger partial charge < -0.3 is 14.4 Å². The molecule has 3 rings (SSSR count). The highest BCUT2D eigenvalue weighted by Gasteiger charge is 2.30. The molecule has 1 aliphatic rings. The molecule has 1 aliphatic heterocycles. The Morgan fingerprint density at radius 2 is 1.68 bits per heavy atom. The lowest BCUT2D eigenvalue weighted by Gasteiger charge is -2.32. The van der Waals surface area contributed by atoms with Crippen molar-refractivity contribution in [2.45, 2.75) is 19.3 Å². The van der Waals surface area contributed by atoms with Crippen molar-refractivity contribution in [3.63, 3.8) is 0 Å². The number of halogens is 1. The Bertz CT molecular complexity index is 865. The molecule has 0 atom stereocenters. The number of piperidine rings is 1. The molecule has 3 amide bonds. The van der Waals surface area contributed by atoms with Crippen LogP contribution in [-0.2, 0) is 0 Å². The van der Waals surface area contributed by atoms with Crippen molar-refractivity contribution >= 4 is 29.2 Å². The zero-order valence-corrected chi connectivity index (χ0v) is 16.7. The molecule has 1 fully saturated rings. The van der Waals surface area contributed by atoms with E-state index >= 15 is 0 Å². The number of hydrogen-bond acceptors (Lipinski definition) is 4. The van der Waals surface area contributed by atoms with Crippen molar-refractivity contribution in [1.29, 1.82) is 0 Å². The number of benzene rings is 2. The van der Waals surface area contributed by atoms with E-state index in [2.05, 4.69) is 0 Å². The van der Waals surface area contributed by atoms with Crippen LogP contribution < -0.4 is 14.4 Å². The third-order valence-corrected chi connectivity index (χ3v) is 4.95. The molecule has 6 nitrogen and oxygen atoms in total. The average Bonchev–Trinajstić information content (AvgIpc) is 2.74. The molecule has 1 heterocycles. The average molecular weight is 403 g/mol. The van der Waals surface area contributed by atoms with E-state index in [1.54, 1.807) is 47.4 Å². The zero-order valence-electron chi connectivity index (χ0n) is 16.0. The summed E-state index contributed by atoms with van der Waals surface area (Å²) in [6, 6.07) is 11.2. The maximum atomic E-state index is 13.3. The van der Waals surface area contributed by atoms with E-state index in [0.717, 1.165) is 19.3 Å². The summed E-state index contributed by atoms with van der Waals surface area (Å²) in [5.41, 5.74) is 0.755. The Balaban J connectivity index is 2.00. The molecule has 0 aromatic heterocycles. The standard InChI is InChI=1S/C21H23ClN2O4/c1-27-18-10-9-15(13-19(18)28-2)20(25)24(17-8-6-7-16(22)14-17)21(26)23-11-4-3-5-12-23/h6-10,13-14H,3-5,11-12H2,1-2H3. The molecule has 1 saturated heterocycles. The number of ether oxygens (including phenoxy) is 2. The van der Waals surface area contributed by atoms with E-state index in [0.29, 0.717) is 40.9 Å². The fourth-order valence-electron chi connectivity index (χ4n) is 3.25. The Morgan fingerprint density at radius 3 is 2.32 bits per heavy atom. The highest BCUT2D eigenvalue weighted by molar-refractivity contribution is 6.31. The van der Waals surface area contributed by atoms with Gasteiger partial charge in [0.05, 0.1) is 19.9 Å². The number of anilines is 1. The molecular weight excluding hydrogens is 380 g/mol. The van der Waals surface area contributed by atoms with Gasteiger partial charge in [-0.3, -0.25) is 4.79 Å². The lowest BCUT2D eigenvalue weighted by Crippen LogP contribution is -2.48. The molecule has 0 radical (unpaired) electrons. The number of amides is 3. The molecule has 28 heavy (non-hydrogen) atoms. The summed E-state index contributed by atoms with van der Waals surface area (Å²) in [5, 5.41) is 0.453. The minimum absolute atomic E-state index is 0.322. The van der Waals surface area contributed by atoms with Crippen molar-refractivity contribution in [2.24, 2.45) is 0 Å². The molecule has 0 aliphatic carbocycles. The number of carbonyl (C=O) groups excluding carboxylic acids is 2. The molecule has 148 valence electrons. The normalized spacial score (nSPS) is 13.8. The van der Waals surface area contributed by atoms with Crippen molar-refractivity contribution in [3.8, 4) is 11.5 Å². The summed E-state index contributed by atoms with van der Waals surface area (Å²) in [7, 11) is 3.03. The summed E-state index contributed by atoms with van der Waals surface area (Å²) >= 11 is 6.12. The van der Waals surface area contributed by atoms with Crippen molar-refractivity contribution in [3.05, 3.63) is 53.1 Å². The van der Waals surface area contributed by atoms with Gasteiger partial charge in [0.2, 0.25) is 0 Å². The smallest absolute Gasteiger partial charge is 0.331 e. The third-order valence-electron chi connectivity index (χ3n) is 4.72. The predicted molar refractivity (Wildman–Crippen MR) is 109 cm³/mol. The van der Waals surface area contributed by atoms with Gasteiger partial charge in [0, 0.05) is 23.7 Å². The fourth-order valence-corrected chi connectivity index (χ4v) is 3.44. The van der Waals surface area contributed by atoms with Gasteiger partial charge in [0.1, 0.15) is 0 Å². The van der Waals surface area contributed by atoms with Crippen LogP contribution in [0.2, 0.25) is 5.02 Å². The predicted octanol–water partition coefficient (Wildman–Crippen LogP) is 4.61. The number of rotatable bonds is 4. The monoisotopic (exact) mass is 402 g/mol. The molecular formula is C21H23ClN2O4. The number of imide groups is 1. The summed E-state index contributed by atoms with van der Waals surface area (Å²) < 4.78 is 10.5. The summed E-state index contributed by atoms with van der Waals surface area (Å²) in [6.07, 6.45) is 2.95. The van der Waals surface area contributed by atoms with Crippen LogP contribution in [0.5, 0.6) is 11.5 Å². The topological polar surface area (TPSA) is 59.1 Å². The molecule has 2 aromatic rings. The van der Waals surface area contributed by atoms with Gasteiger partial charge >= 0.3 is 6.03 Å². The second kappa shape index (κ2) is 8.97.